The minimum absolute atomic E-state index is 0.0714. The summed E-state index contributed by atoms with van der Waals surface area (Å²) in [5.74, 6) is 0.939. The van der Waals surface area contributed by atoms with Crippen molar-refractivity contribution < 1.29 is 14.3 Å². The summed E-state index contributed by atoms with van der Waals surface area (Å²) < 4.78 is 11.1. The molecule has 3 nitrogen and oxygen atoms in total. The first kappa shape index (κ1) is 13.7. The lowest BCUT2D eigenvalue weighted by Crippen LogP contribution is -2.44. The maximum Gasteiger partial charge on any atom is 0.305 e. The van der Waals surface area contributed by atoms with E-state index in [2.05, 4.69) is 32.9 Å². The Labute approximate surface area is 121 Å². The molecule has 1 heterocycles. The average molecular weight is 276 g/mol. The molecule has 0 aromatic rings. The third-order valence-corrected chi connectivity index (χ3v) is 5.83. The van der Waals surface area contributed by atoms with Gasteiger partial charge in [-0.15, -0.1) is 0 Å². The molecule has 0 aromatic heterocycles. The maximum atomic E-state index is 11.4. The zero-order valence-electron chi connectivity index (χ0n) is 12.8. The third-order valence-electron chi connectivity index (χ3n) is 5.83. The molecule has 3 aliphatic rings. The molecule has 1 spiro atoms. The van der Waals surface area contributed by atoms with Crippen LogP contribution in [-0.4, -0.2) is 12.3 Å². The molecule has 1 aliphatic heterocycles. The Kier molecular flexibility index (Phi) is 3.00. The van der Waals surface area contributed by atoms with Gasteiger partial charge in [0.05, 0.1) is 11.7 Å². The van der Waals surface area contributed by atoms with Gasteiger partial charge in [0.15, 0.2) is 0 Å². The highest BCUT2D eigenvalue weighted by Crippen LogP contribution is 2.65. The van der Waals surface area contributed by atoms with Gasteiger partial charge in [-0.1, -0.05) is 25.5 Å². The SMILES string of the molecule is CC(=O)O[C@@H]1OC=C[C@]12C[C@H]1C=C(C)CC[C@H]1C2(C)C. The minimum Gasteiger partial charge on any atom is -0.462 e. The van der Waals surface area contributed by atoms with E-state index in [0.29, 0.717) is 11.8 Å². The van der Waals surface area contributed by atoms with Crippen molar-refractivity contribution in [1.29, 1.82) is 0 Å². The zero-order chi connectivity index (χ0) is 14.5. The fourth-order valence-electron chi connectivity index (χ4n) is 4.66. The van der Waals surface area contributed by atoms with E-state index in [1.165, 1.54) is 25.3 Å². The van der Waals surface area contributed by atoms with Crippen LogP contribution in [0.25, 0.3) is 0 Å². The van der Waals surface area contributed by atoms with E-state index in [1.807, 2.05) is 0 Å². The number of rotatable bonds is 1. The zero-order valence-corrected chi connectivity index (χ0v) is 12.8. The molecule has 1 saturated carbocycles. The van der Waals surface area contributed by atoms with E-state index in [1.54, 1.807) is 6.26 Å². The van der Waals surface area contributed by atoms with Crippen molar-refractivity contribution in [2.24, 2.45) is 22.7 Å². The lowest BCUT2D eigenvalue weighted by atomic mass is 9.63. The van der Waals surface area contributed by atoms with Gasteiger partial charge in [0.2, 0.25) is 0 Å². The van der Waals surface area contributed by atoms with Gasteiger partial charge in [0.25, 0.3) is 6.29 Å². The monoisotopic (exact) mass is 276 g/mol. The van der Waals surface area contributed by atoms with E-state index in [4.69, 9.17) is 9.47 Å². The number of hydrogen-bond acceptors (Lipinski definition) is 3. The van der Waals surface area contributed by atoms with Crippen LogP contribution in [0.2, 0.25) is 0 Å². The molecule has 2 aliphatic carbocycles. The number of carbonyl (C=O) groups is 1. The first-order valence-electron chi connectivity index (χ1n) is 7.54. The van der Waals surface area contributed by atoms with E-state index in [9.17, 15) is 4.79 Å². The summed E-state index contributed by atoms with van der Waals surface area (Å²) in [7, 11) is 0. The summed E-state index contributed by atoms with van der Waals surface area (Å²) in [5.41, 5.74) is 1.38. The smallest absolute Gasteiger partial charge is 0.305 e. The van der Waals surface area contributed by atoms with Gasteiger partial charge in [-0.25, -0.2) is 0 Å². The van der Waals surface area contributed by atoms with Gasteiger partial charge < -0.3 is 9.47 Å². The molecule has 0 saturated heterocycles. The number of fused-ring (bicyclic) bond motifs is 1. The molecule has 0 bridgehead atoms. The van der Waals surface area contributed by atoms with Crippen LogP contribution in [0.1, 0.15) is 47.0 Å². The molecule has 0 radical (unpaired) electrons. The average Bonchev–Trinajstić information content (AvgIpc) is 2.81. The predicted octanol–water partition coefficient (Wildman–Crippen LogP) is 3.81. The second-order valence-electron chi connectivity index (χ2n) is 7.17. The van der Waals surface area contributed by atoms with E-state index < -0.39 is 6.29 Å². The maximum absolute atomic E-state index is 11.4. The summed E-state index contributed by atoms with van der Waals surface area (Å²) in [6.45, 7) is 8.29. The van der Waals surface area contributed by atoms with E-state index in [-0.39, 0.29) is 16.8 Å². The summed E-state index contributed by atoms with van der Waals surface area (Å²) in [6, 6.07) is 0. The quantitative estimate of drug-likeness (QED) is 0.539. The largest absolute Gasteiger partial charge is 0.462 e. The first-order valence-corrected chi connectivity index (χ1v) is 7.54. The van der Waals surface area contributed by atoms with Crippen molar-refractivity contribution >= 4 is 5.97 Å². The van der Waals surface area contributed by atoms with Crippen molar-refractivity contribution in [3.05, 3.63) is 24.0 Å². The molecule has 110 valence electrons. The van der Waals surface area contributed by atoms with Gasteiger partial charge in [-0.3, -0.25) is 4.79 Å². The molecule has 0 amide bonds. The van der Waals surface area contributed by atoms with Crippen LogP contribution in [0.5, 0.6) is 0 Å². The molecular formula is C17H24O3. The highest BCUT2D eigenvalue weighted by molar-refractivity contribution is 5.66. The van der Waals surface area contributed by atoms with Crippen LogP contribution in [-0.2, 0) is 14.3 Å². The second kappa shape index (κ2) is 4.37. The summed E-state index contributed by atoms with van der Waals surface area (Å²) in [5, 5.41) is 0. The van der Waals surface area contributed by atoms with Crippen molar-refractivity contribution in [2.45, 2.75) is 53.2 Å². The van der Waals surface area contributed by atoms with Crippen LogP contribution in [0, 0.1) is 22.7 Å². The molecular weight excluding hydrogens is 252 g/mol. The van der Waals surface area contributed by atoms with Gasteiger partial charge >= 0.3 is 5.97 Å². The Morgan fingerprint density at radius 3 is 2.90 bits per heavy atom. The topological polar surface area (TPSA) is 35.5 Å². The van der Waals surface area contributed by atoms with Crippen molar-refractivity contribution in [2.75, 3.05) is 0 Å². The normalized spacial score (nSPS) is 41.2. The highest BCUT2D eigenvalue weighted by atomic mass is 16.7. The van der Waals surface area contributed by atoms with Gasteiger partial charge in [0, 0.05) is 6.92 Å². The number of allylic oxidation sites excluding steroid dienone is 2. The summed E-state index contributed by atoms with van der Waals surface area (Å²) in [4.78, 5) is 11.4. The highest BCUT2D eigenvalue weighted by Gasteiger charge is 2.64. The molecule has 3 rings (SSSR count). The van der Waals surface area contributed by atoms with Crippen molar-refractivity contribution in [1.82, 2.24) is 0 Å². The molecule has 3 heteroatoms. The van der Waals surface area contributed by atoms with Crippen LogP contribution in [0.4, 0.5) is 0 Å². The summed E-state index contributed by atoms with van der Waals surface area (Å²) in [6.07, 6.45) is 9.25. The molecule has 0 unspecified atom stereocenters. The number of carbonyl (C=O) groups excluding carboxylic acids is 1. The first-order chi connectivity index (χ1) is 9.37. The Bertz CT molecular complexity index is 488. The Morgan fingerprint density at radius 2 is 2.20 bits per heavy atom. The van der Waals surface area contributed by atoms with Gasteiger partial charge in [-0.05, 0) is 49.5 Å². The summed E-state index contributed by atoms with van der Waals surface area (Å²) >= 11 is 0. The number of esters is 1. The molecule has 4 atom stereocenters. The van der Waals surface area contributed by atoms with E-state index in [0.717, 1.165) is 6.42 Å². The molecule has 0 N–H and O–H groups in total. The van der Waals surface area contributed by atoms with Crippen molar-refractivity contribution in [3.8, 4) is 0 Å². The predicted molar refractivity (Wildman–Crippen MR) is 76.6 cm³/mol. The molecule has 1 fully saturated rings. The molecule has 20 heavy (non-hydrogen) atoms. The van der Waals surface area contributed by atoms with Crippen LogP contribution in [0.15, 0.2) is 24.0 Å². The lowest BCUT2D eigenvalue weighted by molar-refractivity contribution is -0.190. The lowest BCUT2D eigenvalue weighted by Gasteiger charge is -2.43. The van der Waals surface area contributed by atoms with Crippen LogP contribution in [0.3, 0.4) is 0 Å². The Morgan fingerprint density at radius 1 is 1.45 bits per heavy atom. The molecule has 0 aromatic carbocycles. The fourth-order valence-corrected chi connectivity index (χ4v) is 4.66. The van der Waals surface area contributed by atoms with Crippen LogP contribution >= 0.6 is 0 Å². The Balaban J connectivity index is 1.97. The standard InChI is InChI=1S/C17H24O3/c1-11-5-6-14-13(9-11)10-17(16(14,3)4)7-8-19-15(17)20-12(2)18/h7-9,13-15H,5-6,10H2,1-4H3/t13-,14-,15+,17+/m1/s1. The van der Waals surface area contributed by atoms with Gasteiger partial charge in [0.1, 0.15) is 0 Å². The fraction of sp³-hybridized carbons (Fsp3) is 0.706. The van der Waals surface area contributed by atoms with Crippen LogP contribution < -0.4 is 0 Å². The van der Waals surface area contributed by atoms with E-state index >= 15 is 0 Å². The van der Waals surface area contributed by atoms with Crippen molar-refractivity contribution in [3.63, 3.8) is 0 Å². The van der Waals surface area contributed by atoms with Gasteiger partial charge in [-0.2, -0.15) is 0 Å². The third kappa shape index (κ3) is 1.75. The number of hydrogen-bond donors (Lipinski definition) is 0. The minimum atomic E-state index is -0.464. The number of ether oxygens (including phenoxy) is 2. The second-order valence-corrected chi connectivity index (χ2v) is 7.17. The Hall–Kier alpha value is -1.25.